The third-order valence-electron chi connectivity index (χ3n) is 9.15. The summed E-state index contributed by atoms with van der Waals surface area (Å²) in [4.78, 5) is 0. The summed E-state index contributed by atoms with van der Waals surface area (Å²) in [6.07, 6.45) is 0. The summed E-state index contributed by atoms with van der Waals surface area (Å²) in [5.74, 6) is 0. The van der Waals surface area contributed by atoms with Gasteiger partial charge in [0.2, 0.25) is 0 Å². The predicted molar refractivity (Wildman–Crippen MR) is 269 cm³/mol. The Kier molecular flexibility index (Phi) is 19.7. The first-order valence-corrected chi connectivity index (χ1v) is 34.8. The zero-order chi connectivity index (χ0) is 42.9. The fraction of sp³-hybridized carbons (Fsp3) is 0. The van der Waals surface area contributed by atoms with E-state index in [2.05, 4.69) is 243 Å². The van der Waals surface area contributed by atoms with Crippen molar-refractivity contribution in [2.75, 3.05) is 0 Å². The summed E-state index contributed by atoms with van der Waals surface area (Å²) >= 11 is 0. The third-order valence-corrected chi connectivity index (χ3v) is 17.7. The van der Waals surface area contributed by atoms with Gasteiger partial charge in [-0.25, -0.2) is 0 Å². The average molecular weight is 1070 g/mol. The molecule has 0 saturated carbocycles. The molecule has 0 saturated heterocycles. The second-order valence-corrected chi connectivity index (χ2v) is 42.9. The van der Waals surface area contributed by atoms with E-state index < -0.39 is 32.9 Å². The monoisotopic (exact) mass is 1070 g/mol. The Labute approximate surface area is 394 Å². The summed E-state index contributed by atoms with van der Waals surface area (Å²) in [5, 5.41) is 11.1. The predicted octanol–water partition coefficient (Wildman–Crippen LogP) is 14.1. The van der Waals surface area contributed by atoms with Crippen LogP contribution in [0.1, 0.15) is 0 Å². The molecule has 0 amide bonds. The molecule has 8 rings (SSSR count). The molecule has 0 N–H and O–H groups in total. The van der Waals surface area contributed by atoms with Crippen LogP contribution in [0.2, 0.25) is 0 Å². The Balaban J connectivity index is 0.000000186. The Morgan fingerprint density at radius 3 is 0.350 bits per heavy atom. The summed E-state index contributed by atoms with van der Waals surface area (Å²) in [6.45, 7) is 0. The van der Waals surface area contributed by atoms with E-state index >= 15 is 0 Å². The van der Waals surface area contributed by atoms with Crippen LogP contribution in [-0.2, 0) is 18.4 Å². The van der Waals surface area contributed by atoms with Crippen LogP contribution in [0, 0.1) is 0 Å². The standard InChI is InChI=1S/2C24H20P.8ClH.2Mn/c2*1-5-13-21(14-6-1)25(22-15-7-2-8-16-22,23-17-9-3-10-18-23)24-19-11-4-12-20-24;;;;;;;;;;/h2*1-20H;8*1H;;/q2*+1;;;;;;;;;2*+3/p-8. The smallest absolute Gasteiger partial charge is 0.0620 e. The largest absolute Gasteiger partial charge is 0.144 e. The van der Waals surface area contributed by atoms with Crippen LogP contribution in [0.25, 0.3) is 0 Å². The topological polar surface area (TPSA) is 0 Å². The molecular formula is C48H40Cl8Mn2P2. The second-order valence-electron chi connectivity index (χ2n) is 12.7. The summed E-state index contributed by atoms with van der Waals surface area (Å²) < 4.78 is 0. The maximum Gasteiger partial charge on any atom is 0.144 e. The number of benzene rings is 8. The fourth-order valence-corrected chi connectivity index (χ4v) is 15.5. The van der Waals surface area contributed by atoms with E-state index in [1.54, 1.807) is 0 Å². The molecule has 8 aromatic carbocycles. The molecule has 0 aromatic heterocycles. The van der Waals surface area contributed by atoms with Crippen LogP contribution >= 0.6 is 95.3 Å². The fourth-order valence-electron chi connectivity index (χ4n) is 7.00. The van der Waals surface area contributed by atoms with Crippen molar-refractivity contribution < 1.29 is 18.4 Å². The Morgan fingerprint density at radius 2 is 0.267 bits per heavy atom. The summed E-state index contributed by atoms with van der Waals surface area (Å²) in [5.41, 5.74) is 0. The molecule has 8 aromatic rings. The van der Waals surface area contributed by atoms with Crippen molar-refractivity contribution >= 4 is 138 Å². The zero-order valence-corrected chi connectivity index (χ0v) is 42.0. The maximum atomic E-state index is 4.97. The van der Waals surface area contributed by atoms with Crippen LogP contribution in [0.15, 0.2) is 243 Å². The van der Waals surface area contributed by atoms with Gasteiger partial charge < -0.3 is 0 Å². The van der Waals surface area contributed by atoms with Gasteiger partial charge in [0.1, 0.15) is 57.0 Å². The molecule has 0 bridgehead atoms. The minimum absolute atomic E-state index is 1.39. The molecule has 312 valence electrons. The molecule has 0 fully saturated rings. The van der Waals surface area contributed by atoms with E-state index in [1.165, 1.54) is 42.4 Å². The first-order valence-electron chi connectivity index (χ1n) is 18.2. The molecular weight excluding hydrogens is 1030 g/mol. The van der Waals surface area contributed by atoms with E-state index in [0.717, 1.165) is 0 Å². The molecule has 0 unspecified atom stereocenters. The number of halogens is 8. The Bertz CT molecular complexity index is 1880. The quantitative estimate of drug-likeness (QED) is 0.105. The molecule has 0 atom stereocenters. The zero-order valence-electron chi connectivity index (χ0n) is 31.8. The van der Waals surface area contributed by atoms with Gasteiger partial charge in [-0.2, -0.15) is 0 Å². The minimum Gasteiger partial charge on any atom is -0.0620 e. The van der Waals surface area contributed by atoms with Gasteiger partial charge in [0.15, 0.2) is 0 Å². The molecule has 0 nitrogen and oxygen atoms in total. The van der Waals surface area contributed by atoms with Crippen LogP contribution < -0.4 is 42.4 Å². The van der Waals surface area contributed by atoms with Gasteiger partial charge in [-0.3, -0.25) is 0 Å². The van der Waals surface area contributed by atoms with Gasteiger partial charge >= 0.3 is 99.2 Å². The molecule has 0 spiro atoms. The Morgan fingerprint density at radius 1 is 0.183 bits per heavy atom. The van der Waals surface area contributed by atoms with Crippen molar-refractivity contribution in [1.82, 2.24) is 0 Å². The average Bonchev–Trinajstić information content (AvgIpc) is 3.27. The molecule has 60 heavy (non-hydrogen) atoms. The SMILES string of the molecule is [Cl][Mn-]([Cl])([Cl])[Cl].[Cl][Mn-]([Cl])([Cl])[Cl].c1ccc([P+](c2ccccc2)(c2ccccc2)c2ccccc2)cc1.c1ccc([P+](c2ccccc2)(c2ccccc2)c2ccccc2)cc1. The van der Waals surface area contributed by atoms with Gasteiger partial charge in [0.25, 0.3) is 0 Å². The van der Waals surface area contributed by atoms with Gasteiger partial charge in [0, 0.05) is 0 Å². The van der Waals surface area contributed by atoms with E-state index in [4.69, 9.17) is 80.8 Å². The van der Waals surface area contributed by atoms with Gasteiger partial charge in [-0.15, -0.1) is 0 Å². The normalized spacial score (nSPS) is 11.9. The van der Waals surface area contributed by atoms with Crippen molar-refractivity contribution in [2.24, 2.45) is 0 Å². The maximum absolute atomic E-state index is 4.97. The van der Waals surface area contributed by atoms with Crippen LogP contribution in [0.3, 0.4) is 0 Å². The van der Waals surface area contributed by atoms with E-state index in [-0.39, 0.29) is 0 Å². The van der Waals surface area contributed by atoms with Gasteiger partial charge in [-0.05, 0) is 97.1 Å². The van der Waals surface area contributed by atoms with Crippen LogP contribution in [-0.4, -0.2) is 0 Å². The first-order chi connectivity index (χ1) is 28.8. The minimum atomic E-state index is -2.74. The van der Waals surface area contributed by atoms with Crippen LogP contribution in [0.4, 0.5) is 0 Å². The molecule has 0 radical (unpaired) electrons. The van der Waals surface area contributed by atoms with E-state index in [1.807, 2.05) is 0 Å². The number of hydrogen-bond donors (Lipinski definition) is 0. The van der Waals surface area contributed by atoms with Crippen molar-refractivity contribution in [3.8, 4) is 0 Å². The summed E-state index contributed by atoms with van der Waals surface area (Å²) in [6, 6.07) is 87.7. The molecule has 0 heterocycles. The van der Waals surface area contributed by atoms with Crippen LogP contribution in [0.5, 0.6) is 0 Å². The first kappa shape index (κ1) is 49.0. The van der Waals surface area contributed by atoms with Gasteiger partial charge in [0.05, 0.1) is 0 Å². The van der Waals surface area contributed by atoms with Crippen molar-refractivity contribution in [1.29, 1.82) is 0 Å². The van der Waals surface area contributed by atoms with Gasteiger partial charge in [-0.1, -0.05) is 146 Å². The Hall–Kier alpha value is -2.02. The molecule has 0 aliphatic rings. The van der Waals surface area contributed by atoms with Crippen molar-refractivity contribution in [2.45, 2.75) is 0 Å². The second kappa shape index (κ2) is 24.2. The van der Waals surface area contributed by atoms with E-state index in [9.17, 15) is 0 Å². The van der Waals surface area contributed by atoms with E-state index in [0.29, 0.717) is 0 Å². The van der Waals surface area contributed by atoms with Crippen molar-refractivity contribution in [3.05, 3.63) is 243 Å². The third kappa shape index (κ3) is 14.0. The summed E-state index contributed by atoms with van der Waals surface area (Å²) in [7, 11) is 30.5. The van der Waals surface area contributed by atoms with Crippen molar-refractivity contribution in [3.63, 3.8) is 0 Å². The molecule has 12 heteroatoms. The number of hydrogen-bond acceptors (Lipinski definition) is 0. The molecule has 0 aliphatic carbocycles. The molecule has 0 aliphatic heterocycles. The number of rotatable bonds is 8.